The number of rotatable bonds is 3. The van der Waals surface area contributed by atoms with E-state index in [1.165, 1.54) is 5.56 Å². The molecule has 6 nitrogen and oxygen atoms in total. The number of hydrogen-bond donors (Lipinski definition) is 0. The number of fused-ring (bicyclic) bond motifs is 1. The highest BCUT2D eigenvalue weighted by atomic mass is 16.5. The monoisotopic (exact) mass is 360 g/mol. The van der Waals surface area contributed by atoms with E-state index in [0.717, 1.165) is 38.6 Å². The molecule has 1 aromatic carbocycles. The molecule has 0 radical (unpaired) electrons. The Kier molecular flexibility index (Phi) is 5.16. The average Bonchev–Trinajstić information content (AvgIpc) is 3.08. The second-order valence-electron chi connectivity index (χ2n) is 7.57. The number of benzene rings is 1. The zero-order valence-corrected chi connectivity index (χ0v) is 15.6. The molecule has 3 atom stereocenters. The van der Waals surface area contributed by atoms with Crippen molar-refractivity contribution in [2.75, 3.05) is 53.2 Å². The SMILES string of the molecule is COc1ccc([C@H]2[C@@H]3CN(C4COCCOC4)C[C@@H]3CN2C(C)=O)cc1. The van der Waals surface area contributed by atoms with Gasteiger partial charge >= 0.3 is 0 Å². The van der Waals surface area contributed by atoms with Gasteiger partial charge in [0.2, 0.25) is 5.91 Å². The van der Waals surface area contributed by atoms with Crippen LogP contribution in [0.2, 0.25) is 0 Å². The summed E-state index contributed by atoms with van der Waals surface area (Å²) in [7, 11) is 1.67. The van der Waals surface area contributed by atoms with E-state index in [2.05, 4.69) is 21.9 Å². The fourth-order valence-corrected chi connectivity index (χ4v) is 4.75. The maximum absolute atomic E-state index is 12.3. The van der Waals surface area contributed by atoms with Crippen LogP contribution in [0.4, 0.5) is 0 Å². The van der Waals surface area contributed by atoms with Crippen LogP contribution < -0.4 is 4.74 Å². The molecule has 0 spiro atoms. The molecule has 3 heterocycles. The van der Waals surface area contributed by atoms with Crippen LogP contribution >= 0.6 is 0 Å². The molecule has 0 saturated carbocycles. The van der Waals surface area contributed by atoms with Crippen molar-refractivity contribution in [3.05, 3.63) is 29.8 Å². The van der Waals surface area contributed by atoms with E-state index in [4.69, 9.17) is 14.2 Å². The molecule has 0 aromatic heterocycles. The number of ether oxygens (including phenoxy) is 3. The van der Waals surface area contributed by atoms with E-state index in [1.54, 1.807) is 14.0 Å². The van der Waals surface area contributed by atoms with Gasteiger partial charge in [0.05, 0.1) is 45.6 Å². The molecule has 0 unspecified atom stereocenters. The Bertz CT molecular complexity index is 627. The van der Waals surface area contributed by atoms with Crippen molar-refractivity contribution in [3.63, 3.8) is 0 Å². The number of amides is 1. The summed E-state index contributed by atoms with van der Waals surface area (Å²) < 4.78 is 16.7. The summed E-state index contributed by atoms with van der Waals surface area (Å²) in [5, 5.41) is 0. The first-order valence-electron chi connectivity index (χ1n) is 9.48. The van der Waals surface area contributed by atoms with Crippen molar-refractivity contribution in [2.45, 2.75) is 19.0 Å². The first kappa shape index (κ1) is 17.8. The molecule has 26 heavy (non-hydrogen) atoms. The predicted molar refractivity (Wildman–Crippen MR) is 97.1 cm³/mol. The van der Waals surface area contributed by atoms with Crippen molar-refractivity contribution in [2.24, 2.45) is 11.8 Å². The summed E-state index contributed by atoms with van der Waals surface area (Å²) in [6, 6.07) is 8.64. The summed E-state index contributed by atoms with van der Waals surface area (Å²) in [5.41, 5.74) is 1.20. The minimum Gasteiger partial charge on any atom is -0.497 e. The van der Waals surface area contributed by atoms with Crippen LogP contribution in [-0.2, 0) is 14.3 Å². The molecule has 1 amide bonds. The van der Waals surface area contributed by atoms with Crippen LogP contribution in [0.3, 0.4) is 0 Å². The van der Waals surface area contributed by atoms with E-state index in [0.29, 0.717) is 31.1 Å². The third kappa shape index (κ3) is 3.33. The van der Waals surface area contributed by atoms with E-state index in [9.17, 15) is 4.79 Å². The maximum atomic E-state index is 12.3. The maximum Gasteiger partial charge on any atom is 0.219 e. The van der Waals surface area contributed by atoms with Gasteiger partial charge < -0.3 is 19.1 Å². The van der Waals surface area contributed by atoms with Gasteiger partial charge in [-0.2, -0.15) is 0 Å². The van der Waals surface area contributed by atoms with Gasteiger partial charge in [-0.05, 0) is 23.6 Å². The summed E-state index contributed by atoms with van der Waals surface area (Å²) in [4.78, 5) is 16.8. The first-order chi connectivity index (χ1) is 12.7. The molecule has 0 bridgehead atoms. The largest absolute Gasteiger partial charge is 0.497 e. The fourth-order valence-electron chi connectivity index (χ4n) is 4.75. The molecule has 0 N–H and O–H groups in total. The second kappa shape index (κ2) is 7.55. The van der Waals surface area contributed by atoms with Gasteiger partial charge in [-0.25, -0.2) is 0 Å². The highest BCUT2D eigenvalue weighted by Gasteiger charge is 2.49. The van der Waals surface area contributed by atoms with Gasteiger partial charge in [0.1, 0.15) is 5.75 Å². The Hall–Kier alpha value is -1.63. The third-order valence-electron chi connectivity index (χ3n) is 6.06. The third-order valence-corrected chi connectivity index (χ3v) is 6.06. The van der Waals surface area contributed by atoms with E-state index in [1.807, 2.05) is 12.1 Å². The molecular formula is C20H28N2O4. The Morgan fingerprint density at radius 3 is 2.38 bits per heavy atom. The normalized spacial score (nSPS) is 30.2. The molecular weight excluding hydrogens is 332 g/mol. The number of carbonyl (C=O) groups excluding carboxylic acids is 1. The van der Waals surface area contributed by atoms with Gasteiger partial charge in [-0.15, -0.1) is 0 Å². The van der Waals surface area contributed by atoms with E-state index < -0.39 is 0 Å². The molecule has 3 aliphatic heterocycles. The van der Waals surface area contributed by atoms with Crippen LogP contribution in [0.15, 0.2) is 24.3 Å². The number of hydrogen-bond acceptors (Lipinski definition) is 5. The second-order valence-corrected chi connectivity index (χ2v) is 7.57. The minimum absolute atomic E-state index is 0.140. The number of nitrogens with zero attached hydrogens (tertiary/aromatic N) is 2. The zero-order chi connectivity index (χ0) is 18.1. The smallest absolute Gasteiger partial charge is 0.219 e. The van der Waals surface area contributed by atoms with Gasteiger partial charge in [-0.3, -0.25) is 9.69 Å². The van der Waals surface area contributed by atoms with Crippen LogP contribution in [-0.4, -0.2) is 74.9 Å². The molecule has 3 saturated heterocycles. The highest BCUT2D eigenvalue weighted by Crippen LogP contribution is 2.45. The van der Waals surface area contributed by atoms with Crippen molar-refractivity contribution in [1.29, 1.82) is 0 Å². The Morgan fingerprint density at radius 1 is 1.08 bits per heavy atom. The summed E-state index contributed by atoms with van der Waals surface area (Å²) in [5.74, 6) is 1.97. The standard InChI is InChI=1S/C20H28N2O4/c1-14(23)22-10-16-9-21(17-12-25-7-8-26-13-17)11-19(16)20(22)15-3-5-18(24-2)6-4-15/h3-6,16-17,19-20H,7-13H2,1-2H3/t16-,19-,20+/m1/s1. The first-order valence-corrected chi connectivity index (χ1v) is 9.48. The number of likely N-dealkylation sites (tertiary alicyclic amines) is 2. The molecule has 6 heteroatoms. The van der Waals surface area contributed by atoms with Crippen LogP contribution in [0, 0.1) is 11.8 Å². The lowest BCUT2D eigenvalue weighted by Crippen LogP contribution is -2.42. The molecule has 1 aromatic rings. The summed E-state index contributed by atoms with van der Waals surface area (Å²) in [6.07, 6.45) is 0. The lowest BCUT2D eigenvalue weighted by atomic mass is 9.89. The Balaban J connectivity index is 1.54. The molecule has 3 fully saturated rings. The van der Waals surface area contributed by atoms with Gasteiger partial charge in [0, 0.05) is 32.5 Å². The molecule has 3 aliphatic rings. The van der Waals surface area contributed by atoms with Crippen LogP contribution in [0.1, 0.15) is 18.5 Å². The highest BCUT2D eigenvalue weighted by molar-refractivity contribution is 5.74. The topological polar surface area (TPSA) is 51.2 Å². The van der Waals surface area contributed by atoms with Gasteiger partial charge in [-0.1, -0.05) is 12.1 Å². The van der Waals surface area contributed by atoms with Crippen molar-refractivity contribution in [3.8, 4) is 5.75 Å². The quantitative estimate of drug-likeness (QED) is 0.819. The minimum atomic E-state index is 0.140. The average molecular weight is 360 g/mol. The number of methoxy groups -OCH3 is 1. The van der Waals surface area contributed by atoms with Gasteiger partial charge in [0.25, 0.3) is 0 Å². The van der Waals surface area contributed by atoms with Crippen molar-refractivity contribution < 1.29 is 19.0 Å². The van der Waals surface area contributed by atoms with Crippen LogP contribution in [0.25, 0.3) is 0 Å². The fraction of sp³-hybridized carbons (Fsp3) is 0.650. The molecule has 4 rings (SSSR count). The van der Waals surface area contributed by atoms with Gasteiger partial charge in [0.15, 0.2) is 0 Å². The molecule has 142 valence electrons. The van der Waals surface area contributed by atoms with E-state index >= 15 is 0 Å². The Morgan fingerprint density at radius 2 is 1.77 bits per heavy atom. The predicted octanol–water partition coefficient (Wildman–Crippen LogP) is 1.56. The van der Waals surface area contributed by atoms with Crippen molar-refractivity contribution in [1.82, 2.24) is 9.80 Å². The number of carbonyl (C=O) groups is 1. The van der Waals surface area contributed by atoms with Crippen LogP contribution in [0.5, 0.6) is 5.75 Å². The lowest BCUT2D eigenvalue weighted by Gasteiger charge is -2.31. The lowest BCUT2D eigenvalue weighted by molar-refractivity contribution is -0.130. The Labute approximate surface area is 155 Å². The van der Waals surface area contributed by atoms with E-state index in [-0.39, 0.29) is 11.9 Å². The van der Waals surface area contributed by atoms with Crippen molar-refractivity contribution >= 4 is 5.91 Å². The summed E-state index contributed by atoms with van der Waals surface area (Å²) >= 11 is 0. The molecule has 0 aliphatic carbocycles. The summed E-state index contributed by atoms with van der Waals surface area (Å²) in [6.45, 7) is 7.37. The zero-order valence-electron chi connectivity index (χ0n) is 15.6.